The zero-order valence-corrected chi connectivity index (χ0v) is 33.5. The number of hydrogen-bond donors (Lipinski definition) is 2. The fourth-order valence-corrected chi connectivity index (χ4v) is 7.49. The number of ether oxygens (including phenoxy) is 3. The average Bonchev–Trinajstić information content (AvgIpc) is 3.56. The number of carbonyl (C=O) groups is 6. The molecule has 4 rings (SSSR count). The van der Waals surface area contributed by atoms with Crippen LogP contribution < -0.4 is 20.9 Å². The van der Waals surface area contributed by atoms with Crippen molar-refractivity contribution in [1.29, 1.82) is 0 Å². The minimum Gasteiger partial charge on any atom is -0.435 e. The van der Waals surface area contributed by atoms with Gasteiger partial charge in [-0.15, -0.1) is 39.8 Å². The van der Waals surface area contributed by atoms with E-state index in [-0.39, 0.29) is 44.8 Å². The summed E-state index contributed by atoms with van der Waals surface area (Å²) in [5.41, 5.74) is -2.72. The number of esters is 3. The van der Waals surface area contributed by atoms with Gasteiger partial charge in [0.1, 0.15) is 35.8 Å². The molecule has 0 aliphatic carbocycles. The van der Waals surface area contributed by atoms with Gasteiger partial charge in [0.05, 0.1) is 10.8 Å². The van der Waals surface area contributed by atoms with E-state index in [1.807, 2.05) is 0 Å². The number of rotatable bonds is 13. The molecule has 2 atom stereocenters. The molecule has 292 valence electrons. The zero-order chi connectivity index (χ0) is 40.1. The lowest BCUT2D eigenvalue weighted by Gasteiger charge is -2.49. The Morgan fingerprint density at radius 1 is 1.07 bits per heavy atom. The number of halogens is 1. The SMILES string of the molecule is CON=C(C(=O)N[C@@H]1C(=O)N2C(C(=O)OC(=O)C(C)(C)C)=C(CSc3nc(=O)c(OCOC(=O)C(C)(C)C)nn3C)CS[C@H]12)c1csc(NC(=O)CCl)n1. The number of hydrogen-bond acceptors (Lipinski definition) is 18. The van der Waals surface area contributed by atoms with Crippen molar-refractivity contribution in [2.24, 2.45) is 23.0 Å². The molecule has 0 unspecified atom stereocenters. The van der Waals surface area contributed by atoms with Gasteiger partial charge in [-0.05, 0) is 47.1 Å². The van der Waals surface area contributed by atoms with Crippen LogP contribution >= 0.6 is 46.5 Å². The molecule has 0 saturated carbocycles. The van der Waals surface area contributed by atoms with Crippen LogP contribution in [0.5, 0.6) is 5.88 Å². The molecule has 4 heterocycles. The van der Waals surface area contributed by atoms with Crippen LogP contribution in [0.3, 0.4) is 0 Å². The summed E-state index contributed by atoms with van der Waals surface area (Å²) in [6, 6.07) is -1.13. The molecule has 0 bridgehead atoms. The lowest BCUT2D eigenvalue weighted by molar-refractivity contribution is -0.166. The van der Waals surface area contributed by atoms with E-state index < -0.39 is 76.1 Å². The quantitative estimate of drug-likeness (QED) is 0.0426. The molecular weight excluding hydrogens is 792 g/mol. The van der Waals surface area contributed by atoms with Gasteiger partial charge in [-0.1, -0.05) is 16.9 Å². The van der Waals surface area contributed by atoms with E-state index in [9.17, 15) is 33.6 Å². The Bertz CT molecular complexity index is 1970. The molecule has 2 aromatic heterocycles. The highest BCUT2D eigenvalue weighted by Gasteiger charge is 2.55. The summed E-state index contributed by atoms with van der Waals surface area (Å²) in [4.78, 5) is 104. The van der Waals surface area contributed by atoms with Gasteiger partial charge in [-0.2, -0.15) is 4.98 Å². The fourth-order valence-electron chi connectivity index (χ4n) is 4.32. The van der Waals surface area contributed by atoms with Crippen LogP contribution in [-0.4, -0.2) is 109 Å². The summed E-state index contributed by atoms with van der Waals surface area (Å²) in [7, 11) is 2.71. The third kappa shape index (κ3) is 9.95. The van der Waals surface area contributed by atoms with Gasteiger partial charge in [0.25, 0.3) is 11.8 Å². The van der Waals surface area contributed by atoms with Crippen LogP contribution in [0, 0.1) is 10.8 Å². The first kappa shape index (κ1) is 42.2. The summed E-state index contributed by atoms with van der Waals surface area (Å²) in [6.45, 7) is 9.11. The molecule has 0 radical (unpaired) electrons. The summed E-state index contributed by atoms with van der Waals surface area (Å²) in [5.74, 6) is -5.01. The molecule has 54 heavy (non-hydrogen) atoms. The van der Waals surface area contributed by atoms with Gasteiger partial charge in [0.15, 0.2) is 16.0 Å². The van der Waals surface area contributed by atoms with Gasteiger partial charge >= 0.3 is 29.3 Å². The Hall–Kier alpha value is -4.54. The number of oxime groups is 1. The average molecular weight is 829 g/mol. The van der Waals surface area contributed by atoms with Gasteiger partial charge in [-0.25, -0.2) is 14.5 Å². The van der Waals surface area contributed by atoms with Crippen molar-refractivity contribution in [2.45, 2.75) is 58.1 Å². The maximum Gasteiger partial charge on any atom is 0.362 e. The first-order valence-corrected chi connectivity index (χ1v) is 19.3. The fraction of sp³-hybridized carbons (Fsp3) is 0.516. The predicted molar refractivity (Wildman–Crippen MR) is 197 cm³/mol. The van der Waals surface area contributed by atoms with Gasteiger partial charge in [0.2, 0.25) is 12.7 Å². The molecule has 2 aromatic rings. The van der Waals surface area contributed by atoms with Crippen molar-refractivity contribution in [3.05, 3.63) is 32.7 Å². The van der Waals surface area contributed by atoms with Gasteiger partial charge < -0.3 is 29.7 Å². The number of carbonyl (C=O) groups excluding carboxylic acids is 6. The van der Waals surface area contributed by atoms with Gasteiger partial charge in [-0.3, -0.25) is 33.7 Å². The number of nitrogens with one attached hydrogen (secondary N) is 2. The van der Waals surface area contributed by atoms with Crippen LogP contribution in [0.2, 0.25) is 0 Å². The Morgan fingerprint density at radius 2 is 1.76 bits per heavy atom. The minimum absolute atomic E-state index is 0.0110. The molecule has 19 nitrogen and oxygen atoms in total. The van der Waals surface area contributed by atoms with Crippen LogP contribution in [0.15, 0.2) is 31.8 Å². The second-order valence-corrected chi connectivity index (χ2v) is 16.6. The molecular formula is C31H37ClN8O11S3. The summed E-state index contributed by atoms with van der Waals surface area (Å²) < 4.78 is 16.7. The number of thiazole rings is 1. The molecule has 23 heteroatoms. The standard InChI is InChI=1S/C31H37ClN8O11S3/c1-30(2,3)26(46)50-13-49-22-21(43)36-29(39(7)37-22)54-11-14-10-52-24-18(23(44)40(24)19(14)25(45)51-27(47)31(4,5)6)35-20(42)17(38-48-8)15-12-53-28(33-15)34-16(41)9-32/h12,18,24H,9-11,13H2,1-8H3,(H,35,42)(H,33,34,41)/t18-,24-/m1/s1. The largest absolute Gasteiger partial charge is 0.435 e. The third-order valence-electron chi connectivity index (χ3n) is 7.11. The molecule has 1 saturated heterocycles. The number of aromatic nitrogens is 4. The molecule has 0 aromatic carbocycles. The summed E-state index contributed by atoms with van der Waals surface area (Å²) in [6.07, 6.45) is 0. The Balaban J connectivity index is 1.54. The van der Waals surface area contributed by atoms with Crippen molar-refractivity contribution in [1.82, 2.24) is 30.0 Å². The van der Waals surface area contributed by atoms with Crippen molar-refractivity contribution in [2.75, 3.05) is 36.6 Å². The molecule has 0 spiro atoms. The maximum absolute atomic E-state index is 13.7. The molecule has 1 fully saturated rings. The Kier molecular flexibility index (Phi) is 13.5. The van der Waals surface area contributed by atoms with Crippen LogP contribution in [0.25, 0.3) is 0 Å². The number of aryl methyl sites for hydroxylation is 1. The van der Waals surface area contributed by atoms with Crippen molar-refractivity contribution in [3.8, 4) is 5.88 Å². The Labute approximate surface area is 325 Å². The number of nitrogens with zero attached hydrogens (tertiary/aromatic N) is 6. The molecule has 2 aliphatic heterocycles. The normalized spacial score (nSPS) is 17.2. The zero-order valence-electron chi connectivity index (χ0n) is 30.3. The van der Waals surface area contributed by atoms with Crippen LogP contribution in [-0.2, 0) is 50.1 Å². The number of thioether (sulfide) groups is 2. The second-order valence-electron chi connectivity index (χ2n) is 13.4. The molecule has 2 N–H and O–H groups in total. The number of amides is 3. The van der Waals surface area contributed by atoms with E-state index in [4.69, 9.17) is 30.6 Å². The highest BCUT2D eigenvalue weighted by molar-refractivity contribution is 8.01. The van der Waals surface area contributed by atoms with Crippen molar-refractivity contribution < 1.29 is 47.8 Å². The van der Waals surface area contributed by atoms with E-state index in [0.717, 1.165) is 28.0 Å². The van der Waals surface area contributed by atoms with E-state index in [2.05, 4.69) is 30.9 Å². The number of alkyl halides is 1. The van der Waals surface area contributed by atoms with E-state index >= 15 is 0 Å². The van der Waals surface area contributed by atoms with Gasteiger partial charge in [0, 0.05) is 23.9 Å². The van der Waals surface area contributed by atoms with Crippen LogP contribution in [0.1, 0.15) is 47.2 Å². The smallest absolute Gasteiger partial charge is 0.362 e. The van der Waals surface area contributed by atoms with Crippen molar-refractivity contribution in [3.63, 3.8) is 0 Å². The third-order valence-corrected chi connectivity index (χ3v) is 10.6. The topological polar surface area (TPSA) is 240 Å². The monoisotopic (exact) mass is 828 g/mol. The highest BCUT2D eigenvalue weighted by atomic mass is 35.5. The molecule has 3 amide bonds. The number of fused-ring (bicyclic) bond motifs is 1. The minimum atomic E-state index is -1.13. The van der Waals surface area contributed by atoms with Crippen LogP contribution in [0.4, 0.5) is 5.13 Å². The van der Waals surface area contributed by atoms with E-state index in [1.54, 1.807) is 41.5 Å². The first-order chi connectivity index (χ1) is 25.3. The maximum atomic E-state index is 13.7. The lowest BCUT2D eigenvalue weighted by Crippen LogP contribution is -2.71. The number of anilines is 1. The Morgan fingerprint density at radius 3 is 2.39 bits per heavy atom. The predicted octanol–water partition coefficient (Wildman–Crippen LogP) is 1.65. The lowest BCUT2D eigenvalue weighted by atomic mass is 9.97. The summed E-state index contributed by atoms with van der Waals surface area (Å²) in [5, 5.41) is 13.8. The summed E-state index contributed by atoms with van der Waals surface area (Å²) >= 11 is 8.79. The first-order valence-electron chi connectivity index (χ1n) is 15.8. The molecule has 2 aliphatic rings. The number of β-lactam (4-membered cyclic amide) rings is 1. The van der Waals surface area contributed by atoms with Crippen molar-refractivity contribution >= 4 is 92.9 Å². The van der Waals surface area contributed by atoms with E-state index in [0.29, 0.717) is 5.57 Å². The highest BCUT2D eigenvalue weighted by Crippen LogP contribution is 2.42. The van der Waals surface area contributed by atoms with E-state index in [1.165, 1.54) is 36.0 Å². The second kappa shape index (κ2) is 17.3.